The van der Waals surface area contributed by atoms with Gasteiger partial charge in [-0.25, -0.2) is 0 Å². The van der Waals surface area contributed by atoms with Gasteiger partial charge in [0.1, 0.15) is 0 Å². The number of aryl methyl sites for hydroxylation is 2. The molecule has 0 aromatic heterocycles. The van der Waals surface area contributed by atoms with Crippen molar-refractivity contribution in [3.63, 3.8) is 0 Å². The first-order valence-electron chi connectivity index (χ1n) is 8.66. The fraction of sp³-hybridized carbons (Fsp3) is 0.333. The first kappa shape index (κ1) is 17.2. The van der Waals surface area contributed by atoms with Gasteiger partial charge in [0.05, 0.1) is 5.92 Å². The highest BCUT2D eigenvalue weighted by Gasteiger charge is 2.35. The predicted molar refractivity (Wildman–Crippen MR) is 99.4 cm³/mol. The Bertz CT molecular complexity index is 813. The molecule has 0 radical (unpaired) electrons. The Morgan fingerprint density at radius 1 is 1.08 bits per heavy atom. The zero-order chi connectivity index (χ0) is 18.0. The third-order valence-electron chi connectivity index (χ3n) is 5.08. The maximum atomic E-state index is 12.5. The maximum Gasteiger partial charge on any atom is 0.227 e. The van der Waals surface area contributed by atoms with E-state index in [4.69, 9.17) is 0 Å². The third-order valence-corrected chi connectivity index (χ3v) is 5.08. The van der Waals surface area contributed by atoms with Crippen LogP contribution in [0.5, 0.6) is 0 Å². The molecule has 4 heteroatoms. The summed E-state index contributed by atoms with van der Waals surface area (Å²) in [7, 11) is 0. The van der Waals surface area contributed by atoms with Gasteiger partial charge in [-0.3, -0.25) is 9.59 Å². The molecule has 2 aromatic rings. The van der Waals surface area contributed by atoms with Crippen LogP contribution in [-0.2, 0) is 16.1 Å². The summed E-state index contributed by atoms with van der Waals surface area (Å²) in [6.07, 6.45) is 0.271. The molecule has 1 aliphatic rings. The highest BCUT2D eigenvalue weighted by Crippen LogP contribution is 2.29. The summed E-state index contributed by atoms with van der Waals surface area (Å²) in [5.41, 5.74) is 5.42. The Labute approximate surface area is 148 Å². The monoisotopic (exact) mass is 336 g/mol. The number of anilines is 1. The van der Waals surface area contributed by atoms with E-state index in [1.807, 2.05) is 63.2 Å². The second kappa shape index (κ2) is 7.09. The molecule has 1 heterocycles. The van der Waals surface area contributed by atoms with Crippen LogP contribution in [0.15, 0.2) is 42.5 Å². The van der Waals surface area contributed by atoms with Gasteiger partial charge in [-0.1, -0.05) is 36.4 Å². The van der Waals surface area contributed by atoms with Crippen LogP contribution in [0.2, 0.25) is 0 Å². The number of hydrogen-bond acceptors (Lipinski definition) is 2. The lowest BCUT2D eigenvalue weighted by molar-refractivity contribution is -0.126. The van der Waals surface area contributed by atoms with Gasteiger partial charge in [0.15, 0.2) is 0 Å². The molecule has 1 atom stereocenters. The molecule has 4 nitrogen and oxygen atoms in total. The van der Waals surface area contributed by atoms with E-state index >= 15 is 0 Å². The second-order valence-corrected chi connectivity index (χ2v) is 6.77. The van der Waals surface area contributed by atoms with Crippen molar-refractivity contribution in [1.82, 2.24) is 5.32 Å². The number of benzene rings is 2. The van der Waals surface area contributed by atoms with Crippen LogP contribution in [0.3, 0.4) is 0 Å². The Hall–Kier alpha value is -2.62. The number of nitrogens with one attached hydrogen (secondary N) is 1. The van der Waals surface area contributed by atoms with E-state index in [0.717, 1.165) is 27.9 Å². The van der Waals surface area contributed by atoms with Crippen molar-refractivity contribution >= 4 is 17.5 Å². The summed E-state index contributed by atoms with van der Waals surface area (Å²) < 4.78 is 0. The molecule has 2 aromatic carbocycles. The average molecular weight is 336 g/mol. The molecular weight excluding hydrogens is 312 g/mol. The fourth-order valence-electron chi connectivity index (χ4n) is 3.28. The number of carbonyl (C=O) groups is 2. The molecule has 1 saturated heterocycles. The van der Waals surface area contributed by atoms with Crippen LogP contribution in [0, 0.1) is 26.7 Å². The van der Waals surface area contributed by atoms with E-state index in [2.05, 4.69) is 5.32 Å². The molecule has 1 fully saturated rings. The summed E-state index contributed by atoms with van der Waals surface area (Å²) in [6, 6.07) is 13.9. The molecule has 3 rings (SSSR count). The molecule has 0 saturated carbocycles. The normalized spacial score (nSPS) is 17.0. The van der Waals surface area contributed by atoms with Crippen LogP contribution >= 0.6 is 0 Å². The van der Waals surface area contributed by atoms with Gasteiger partial charge in [-0.05, 0) is 49.1 Å². The summed E-state index contributed by atoms with van der Waals surface area (Å²) in [5, 5.41) is 2.98. The number of hydrogen-bond donors (Lipinski definition) is 1. The van der Waals surface area contributed by atoms with Crippen molar-refractivity contribution in [3.8, 4) is 0 Å². The van der Waals surface area contributed by atoms with E-state index in [-0.39, 0.29) is 24.2 Å². The van der Waals surface area contributed by atoms with E-state index in [1.54, 1.807) is 4.90 Å². The van der Waals surface area contributed by atoms with Crippen LogP contribution in [-0.4, -0.2) is 18.4 Å². The smallest absolute Gasteiger partial charge is 0.227 e. The molecular formula is C21H24N2O2. The lowest BCUT2D eigenvalue weighted by Crippen LogP contribution is -2.33. The highest BCUT2D eigenvalue weighted by atomic mass is 16.2. The molecule has 0 unspecified atom stereocenters. The fourth-order valence-corrected chi connectivity index (χ4v) is 3.28. The lowest BCUT2D eigenvalue weighted by Gasteiger charge is -2.20. The molecule has 0 aliphatic carbocycles. The summed E-state index contributed by atoms with van der Waals surface area (Å²) in [4.78, 5) is 26.7. The predicted octanol–water partition coefficient (Wildman–Crippen LogP) is 3.28. The molecule has 2 amide bonds. The Balaban J connectivity index is 1.67. The molecule has 1 aliphatic heterocycles. The van der Waals surface area contributed by atoms with Gasteiger partial charge < -0.3 is 10.2 Å². The summed E-state index contributed by atoms with van der Waals surface area (Å²) in [5.74, 6) is -0.328. The Morgan fingerprint density at radius 3 is 2.56 bits per heavy atom. The molecule has 1 N–H and O–H groups in total. The minimum absolute atomic E-state index is 0.0183. The largest absolute Gasteiger partial charge is 0.352 e. The number of carbonyl (C=O) groups excluding carboxylic acids is 2. The van der Waals surface area contributed by atoms with Gasteiger partial charge in [0.2, 0.25) is 11.8 Å². The van der Waals surface area contributed by atoms with E-state index < -0.39 is 0 Å². The minimum Gasteiger partial charge on any atom is -0.352 e. The SMILES string of the molecule is Cc1ccccc1CNC(=O)[C@@H]1CC(=O)N(c2cccc(C)c2C)C1. The molecule has 0 bridgehead atoms. The van der Waals surface area contributed by atoms with Gasteiger partial charge in [-0.15, -0.1) is 0 Å². The third kappa shape index (κ3) is 3.58. The maximum absolute atomic E-state index is 12.5. The van der Waals surface area contributed by atoms with Crippen molar-refractivity contribution in [2.45, 2.75) is 33.7 Å². The first-order valence-corrected chi connectivity index (χ1v) is 8.66. The van der Waals surface area contributed by atoms with Crippen molar-refractivity contribution < 1.29 is 9.59 Å². The molecule has 25 heavy (non-hydrogen) atoms. The van der Waals surface area contributed by atoms with Crippen LogP contribution in [0.1, 0.15) is 28.7 Å². The van der Waals surface area contributed by atoms with E-state index in [9.17, 15) is 9.59 Å². The van der Waals surface area contributed by atoms with Gasteiger partial charge in [-0.2, -0.15) is 0 Å². The minimum atomic E-state index is -0.295. The van der Waals surface area contributed by atoms with E-state index in [0.29, 0.717) is 13.1 Å². The Morgan fingerprint density at radius 2 is 1.80 bits per heavy atom. The number of amides is 2. The first-order chi connectivity index (χ1) is 12.0. The zero-order valence-corrected chi connectivity index (χ0v) is 15.0. The van der Waals surface area contributed by atoms with Crippen molar-refractivity contribution in [2.24, 2.45) is 5.92 Å². The lowest BCUT2D eigenvalue weighted by atomic mass is 10.1. The van der Waals surface area contributed by atoms with Gasteiger partial charge in [0.25, 0.3) is 0 Å². The topological polar surface area (TPSA) is 49.4 Å². The number of nitrogens with zero attached hydrogens (tertiary/aromatic N) is 1. The van der Waals surface area contributed by atoms with E-state index in [1.165, 1.54) is 0 Å². The summed E-state index contributed by atoms with van der Waals surface area (Å²) in [6.45, 7) is 7.03. The highest BCUT2D eigenvalue weighted by molar-refractivity contribution is 6.00. The van der Waals surface area contributed by atoms with Gasteiger partial charge in [0, 0.05) is 25.2 Å². The quantitative estimate of drug-likeness (QED) is 0.931. The van der Waals surface area contributed by atoms with Crippen LogP contribution < -0.4 is 10.2 Å². The second-order valence-electron chi connectivity index (χ2n) is 6.77. The zero-order valence-electron chi connectivity index (χ0n) is 15.0. The summed E-state index contributed by atoms with van der Waals surface area (Å²) >= 11 is 0. The average Bonchev–Trinajstić information content (AvgIpc) is 2.98. The molecule has 0 spiro atoms. The van der Waals surface area contributed by atoms with Crippen LogP contribution in [0.4, 0.5) is 5.69 Å². The van der Waals surface area contributed by atoms with Crippen molar-refractivity contribution in [2.75, 3.05) is 11.4 Å². The van der Waals surface area contributed by atoms with Crippen LogP contribution in [0.25, 0.3) is 0 Å². The number of rotatable bonds is 4. The Kier molecular flexibility index (Phi) is 4.88. The van der Waals surface area contributed by atoms with Crippen molar-refractivity contribution in [1.29, 1.82) is 0 Å². The van der Waals surface area contributed by atoms with Gasteiger partial charge >= 0.3 is 0 Å². The molecule has 130 valence electrons. The van der Waals surface area contributed by atoms with Crippen molar-refractivity contribution in [3.05, 3.63) is 64.7 Å². The standard InChI is InChI=1S/C21H24N2O2/c1-14-8-6-10-19(16(14)3)23-13-18(11-20(23)24)21(25)22-12-17-9-5-4-7-15(17)2/h4-10,18H,11-13H2,1-3H3,(H,22,25)/t18-/m1/s1.